The summed E-state index contributed by atoms with van der Waals surface area (Å²) in [6, 6.07) is 13.2. The molecule has 1 amide bonds. The lowest BCUT2D eigenvalue weighted by molar-refractivity contribution is -0.121. The van der Waals surface area contributed by atoms with Gasteiger partial charge in [0.15, 0.2) is 0 Å². The van der Waals surface area contributed by atoms with Crippen LogP contribution >= 0.6 is 51.5 Å². The van der Waals surface area contributed by atoms with Crippen molar-refractivity contribution in [2.75, 3.05) is 7.05 Å². The minimum atomic E-state index is -0.0785. The Hall–Kier alpha value is -1.34. The van der Waals surface area contributed by atoms with Gasteiger partial charge in [-0.05, 0) is 45.8 Å². The van der Waals surface area contributed by atoms with Gasteiger partial charge >= 0.3 is 0 Å². The third kappa shape index (κ3) is 4.26. The lowest BCUT2D eigenvalue weighted by Gasteiger charge is -2.10. The van der Waals surface area contributed by atoms with Crippen LogP contribution in [0.5, 0.6) is 5.75 Å². The smallest absolute Gasteiger partial charge is 0.265 e. The van der Waals surface area contributed by atoms with E-state index in [0.29, 0.717) is 26.6 Å². The fraction of sp³-hybridized carbons (Fsp3) is 0.111. The van der Waals surface area contributed by atoms with E-state index in [1.165, 1.54) is 16.7 Å². The molecule has 1 aliphatic rings. The Labute approximate surface area is 169 Å². The molecule has 3 nitrogen and oxygen atoms in total. The largest absolute Gasteiger partial charge is 0.488 e. The molecule has 1 aliphatic heterocycles. The first-order chi connectivity index (χ1) is 12.0. The molecule has 2 aromatic rings. The highest BCUT2D eigenvalue weighted by Gasteiger charge is 2.28. The lowest BCUT2D eigenvalue weighted by atomic mass is 10.2. The molecule has 3 rings (SSSR count). The van der Waals surface area contributed by atoms with Gasteiger partial charge in [0.1, 0.15) is 16.7 Å². The number of hydrogen-bond acceptors (Lipinski definition) is 4. The summed E-state index contributed by atoms with van der Waals surface area (Å²) in [5.41, 5.74) is 1.82. The van der Waals surface area contributed by atoms with Gasteiger partial charge in [0.25, 0.3) is 5.91 Å². The van der Waals surface area contributed by atoms with E-state index in [0.717, 1.165) is 15.6 Å². The van der Waals surface area contributed by atoms with E-state index in [1.54, 1.807) is 7.05 Å². The molecule has 0 bridgehead atoms. The number of benzene rings is 2. The molecule has 0 aliphatic carbocycles. The van der Waals surface area contributed by atoms with Crippen molar-refractivity contribution >= 4 is 67.8 Å². The number of rotatable bonds is 4. The molecule has 0 N–H and O–H groups in total. The van der Waals surface area contributed by atoms with Crippen LogP contribution in [-0.4, -0.2) is 22.2 Å². The van der Waals surface area contributed by atoms with Gasteiger partial charge in [-0.1, -0.05) is 59.8 Å². The van der Waals surface area contributed by atoms with Gasteiger partial charge in [-0.3, -0.25) is 9.69 Å². The monoisotopic (exact) mass is 453 g/mol. The zero-order valence-electron chi connectivity index (χ0n) is 13.2. The van der Waals surface area contributed by atoms with Crippen LogP contribution in [-0.2, 0) is 11.4 Å². The summed E-state index contributed by atoms with van der Waals surface area (Å²) >= 11 is 16.1. The van der Waals surface area contributed by atoms with Crippen molar-refractivity contribution in [2.24, 2.45) is 0 Å². The second-order valence-electron chi connectivity index (χ2n) is 5.31. The fourth-order valence-corrected chi connectivity index (χ4v) is 4.07. The number of carbonyl (C=O) groups is 1. The molecular weight excluding hydrogens is 442 g/mol. The summed E-state index contributed by atoms with van der Waals surface area (Å²) in [6.07, 6.45) is 1.82. The molecule has 25 heavy (non-hydrogen) atoms. The standard InChI is InChI=1S/C18H13BrClNO2S2/c1-21-17(22)16(25-18(21)24)9-11-6-7-15(13(19)8-11)23-10-12-4-2-3-5-14(12)20/h2-9H,10H2,1H3/b16-9-. The van der Waals surface area contributed by atoms with E-state index < -0.39 is 0 Å². The van der Waals surface area contributed by atoms with Crippen LogP contribution in [0, 0.1) is 0 Å². The maximum absolute atomic E-state index is 12.1. The Kier molecular flexibility index (Phi) is 5.84. The van der Waals surface area contributed by atoms with Crippen molar-refractivity contribution in [3.8, 4) is 5.75 Å². The summed E-state index contributed by atoms with van der Waals surface area (Å²) in [5.74, 6) is 0.630. The topological polar surface area (TPSA) is 29.5 Å². The number of halogens is 2. The first-order valence-corrected chi connectivity index (χ1v) is 9.72. The Morgan fingerprint density at radius 1 is 1.32 bits per heavy atom. The van der Waals surface area contributed by atoms with Gasteiger partial charge in [-0.15, -0.1) is 0 Å². The summed E-state index contributed by atoms with van der Waals surface area (Å²) in [5, 5.41) is 0.678. The third-order valence-corrected chi connectivity index (χ3v) is 6.05. The summed E-state index contributed by atoms with van der Waals surface area (Å²) in [6.45, 7) is 0.381. The molecule has 128 valence electrons. The van der Waals surface area contributed by atoms with Crippen molar-refractivity contribution in [3.05, 3.63) is 68.0 Å². The molecule has 7 heteroatoms. The second kappa shape index (κ2) is 7.91. The van der Waals surface area contributed by atoms with Crippen LogP contribution in [0.15, 0.2) is 51.8 Å². The van der Waals surface area contributed by atoms with Gasteiger partial charge in [0, 0.05) is 17.6 Å². The van der Waals surface area contributed by atoms with Gasteiger partial charge in [-0.25, -0.2) is 0 Å². The average molecular weight is 455 g/mol. The maximum Gasteiger partial charge on any atom is 0.265 e. The highest BCUT2D eigenvalue weighted by molar-refractivity contribution is 9.10. The Morgan fingerprint density at radius 3 is 2.72 bits per heavy atom. The number of hydrogen-bond donors (Lipinski definition) is 0. The molecule has 0 unspecified atom stereocenters. The number of thiocarbonyl (C=S) groups is 1. The average Bonchev–Trinajstić information content (AvgIpc) is 2.82. The number of nitrogens with zero attached hydrogens (tertiary/aromatic N) is 1. The van der Waals surface area contributed by atoms with Crippen LogP contribution in [0.25, 0.3) is 6.08 Å². The molecule has 0 aromatic heterocycles. The zero-order chi connectivity index (χ0) is 18.0. The van der Waals surface area contributed by atoms with Gasteiger partial charge in [-0.2, -0.15) is 0 Å². The molecule has 2 aromatic carbocycles. The lowest BCUT2D eigenvalue weighted by Crippen LogP contribution is -2.22. The molecule has 1 saturated heterocycles. The number of thioether (sulfide) groups is 1. The van der Waals surface area contributed by atoms with Crippen LogP contribution in [0.3, 0.4) is 0 Å². The normalized spacial score (nSPS) is 16.0. The van der Waals surface area contributed by atoms with Crippen LogP contribution in [0.1, 0.15) is 11.1 Å². The molecular formula is C18H13BrClNO2S2. The minimum Gasteiger partial charge on any atom is -0.488 e. The summed E-state index contributed by atoms with van der Waals surface area (Å²) in [7, 11) is 1.68. The molecule has 0 saturated carbocycles. The maximum atomic E-state index is 12.1. The Balaban J connectivity index is 1.74. The van der Waals surface area contributed by atoms with E-state index in [2.05, 4.69) is 15.9 Å². The summed E-state index contributed by atoms with van der Waals surface area (Å²) < 4.78 is 7.20. The molecule has 0 spiro atoms. The molecule has 1 heterocycles. The first-order valence-electron chi connectivity index (χ1n) is 7.33. The predicted molar refractivity (Wildman–Crippen MR) is 111 cm³/mol. The number of amides is 1. The van der Waals surface area contributed by atoms with Gasteiger partial charge in [0.05, 0.1) is 9.38 Å². The SMILES string of the molecule is CN1C(=O)/C(=C/c2ccc(OCc3ccccc3Cl)c(Br)c2)SC1=S. The highest BCUT2D eigenvalue weighted by atomic mass is 79.9. The fourth-order valence-electron chi connectivity index (χ4n) is 2.19. The first kappa shape index (κ1) is 18.5. The quantitative estimate of drug-likeness (QED) is 0.450. The molecule has 1 fully saturated rings. The Bertz CT molecular complexity index is 885. The van der Waals surface area contributed by atoms with Crippen molar-refractivity contribution in [3.63, 3.8) is 0 Å². The minimum absolute atomic E-state index is 0.0785. The Morgan fingerprint density at radius 2 is 2.08 bits per heavy atom. The van der Waals surface area contributed by atoms with E-state index in [4.69, 9.17) is 28.6 Å². The number of carbonyl (C=O) groups excluding carboxylic acids is 1. The molecule has 0 radical (unpaired) electrons. The van der Waals surface area contributed by atoms with Crippen LogP contribution in [0.4, 0.5) is 0 Å². The van der Waals surface area contributed by atoms with E-state index in [9.17, 15) is 4.79 Å². The van der Waals surface area contributed by atoms with Crippen LogP contribution < -0.4 is 4.74 Å². The van der Waals surface area contributed by atoms with E-state index >= 15 is 0 Å². The van der Waals surface area contributed by atoms with Gasteiger partial charge < -0.3 is 4.74 Å². The summed E-state index contributed by atoms with van der Waals surface area (Å²) in [4.78, 5) is 14.2. The van der Waals surface area contributed by atoms with Crippen molar-refractivity contribution in [1.82, 2.24) is 4.90 Å². The third-order valence-electron chi connectivity index (χ3n) is 3.58. The predicted octanol–water partition coefficient (Wildman–Crippen LogP) is 5.51. The van der Waals surface area contributed by atoms with Crippen LogP contribution in [0.2, 0.25) is 5.02 Å². The zero-order valence-corrected chi connectivity index (χ0v) is 17.1. The van der Waals surface area contributed by atoms with Crippen molar-refractivity contribution < 1.29 is 9.53 Å². The van der Waals surface area contributed by atoms with Crippen molar-refractivity contribution in [2.45, 2.75) is 6.61 Å². The van der Waals surface area contributed by atoms with E-state index in [-0.39, 0.29) is 5.91 Å². The second-order valence-corrected chi connectivity index (χ2v) is 8.25. The van der Waals surface area contributed by atoms with E-state index in [1.807, 2.05) is 48.5 Å². The highest BCUT2D eigenvalue weighted by Crippen LogP contribution is 2.33. The molecule has 0 atom stereocenters. The number of likely N-dealkylation sites (N-methyl/N-ethyl adjacent to an activating group) is 1. The van der Waals surface area contributed by atoms with Gasteiger partial charge in [0.2, 0.25) is 0 Å². The van der Waals surface area contributed by atoms with Crippen molar-refractivity contribution in [1.29, 1.82) is 0 Å². The number of ether oxygens (including phenoxy) is 1.